The maximum absolute atomic E-state index is 12.0. The molecular weight excluding hydrogens is 290 g/mol. The second kappa shape index (κ2) is 5.20. The van der Waals surface area contributed by atoms with Gasteiger partial charge >= 0.3 is 5.97 Å². The lowest BCUT2D eigenvalue weighted by molar-refractivity contribution is -0.136. The Labute approximate surface area is 115 Å². The molecule has 1 fully saturated rings. The molecule has 2 rings (SSSR count). The Kier molecular flexibility index (Phi) is 3.95. The van der Waals surface area contributed by atoms with Crippen LogP contribution in [0.25, 0.3) is 0 Å². The van der Waals surface area contributed by atoms with Crippen molar-refractivity contribution in [1.29, 1.82) is 0 Å². The standard InChI is InChI=1S/C11H15NO5S2/c1-11(6-17-7-11)5-12-19(15,16)10-3-2-8(18-10)4-9(13)14/h2-3,12H,4-7H2,1H3,(H,13,14). The van der Waals surface area contributed by atoms with Crippen molar-refractivity contribution in [2.45, 2.75) is 17.6 Å². The average Bonchev–Trinajstić information content (AvgIpc) is 2.72. The van der Waals surface area contributed by atoms with E-state index >= 15 is 0 Å². The Morgan fingerprint density at radius 3 is 2.74 bits per heavy atom. The summed E-state index contributed by atoms with van der Waals surface area (Å²) in [5.41, 5.74) is -0.145. The maximum atomic E-state index is 12.0. The summed E-state index contributed by atoms with van der Waals surface area (Å²) in [4.78, 5) is 11.1. The zero-order valence-corrected chi connectivity index (χ0v) is 12.0. The number of carboxylic acid groups (broad SMARTS) is 1. The molecule has 2 heterocycles. The largest absolute Gasteiger partial charge is 0.481 e. The first kappa shape index (κ1) is 14.4. The monoisotopic (exact) mass is 305 g/mol. The predicted molar refractivity (Wildman–Crippen MR) is 69.8 cm³/mol. The summed E-state index contributed by atoms with van der Waals surface area (Å²) in [7, 11) is -3.56. The smallest absolute Gasteiger partial charge is 0.308 e. The van der Waals surface area contributed by atoms with E-state index in [0.29, 0.717) is 24.6 Å². The highest BCUT2D eigenvalue weighted by Gasteiger charge is 2.34. The van der Waals surface area contributed by atoms with E-state index in [1.807, 2.05) is 6.92 Å². The van der Waals surface area contributed by atoms with Crippen molar-refractivity contribution in [3.8, 4) is 0 Å². The van der Waals surface area contributed by atoms with Crippen molar-refractivity contribution in [1.82, 2.24) is 4.72 Å². The summed E-state index contributed by atoms with van der Waals surface area (Å²) in [5.74, 6) is -0.974. The first-order chi connectivity index (χ1) is 8.81. The zero-order valence-electron chi connectivity index (χ0n) is 10.4. The fraction of sp³-hybridized carbons (Fsp3) is 0.545. The van der Waals surface area contributed by atoms with Gasteiger partial charge in [-0.1, -0.05) is 6.92 Å². The van der Waals surface area contributed by atoms with Gasteiger partial charge in [-0.3, -0.25) is 4.79 Å². The van der Waals surface area contributed by atoms with Crippen molar-refractivity contribution < 1.29 is 23.1 Å². The van der Waals surface area contributed by atoms with E-state index < -0.39 is 16.0 Å². The number of aliphatic carboxylic acids is 1. The zero-order chi connectivity index (χ0) is 14.1. The number of carbonyl (C=O) groups is 1. The Bertz CT molecular complexity index is 574. The molecule has 106 valence electrons. The Morgan fingerprint density at radius 1 is 1.53 bits per heavy atom. The molecule has 2 N–H and O–H groups in total. The highest BCUT2D eigenvalue weighted by molar-refractivity contribution is 7.91. The van der Waals surface area contributed by atoms with Gasteiger partial charge in [-0.15, -0.1) is 11.3 Å². The molecule has 19 heavy (non-hydrogen) atoms. The van der Waals surface area contributed by atoms with Gasteiger partial charge in [0.05, 0.1) is 19.6 Å². The quantitative estimate of drug-likeness (QED) is 0.806. The van der Waals surface area contributed by atoms with Gasteiger partial charge < -0.3 is 9.84 Å². The molecule has 1 aromatic heterocycles. The third kappa shape index (κ3) is 3.53. The highest BCUT2D eigenvalue weighted by atomic mass is 32.2. The number of ether oxygens (including phenoxy) is 1. The molecule has 0 bridgehead atoms. The van der Waals surface area contributed by atoms with E-state index in [-0.39, 0.29) is 16.0 Å². The van der Waals surface area contributed by atoms with Crippen LogP contribution in [0.3, 0.4) is 0 Å². The molecule has 0 saturated carbocycles. The summed E-state index contributed by atoms with van der Waals surface area (Å²) < 4.78 is 31.8. The molecule has 1 saturated heterocycles. The van der Waals surface area contributed by atoms with Crippen LogP contribution in [-0.2, 0) is 26.0 Å². The van der Waals surface area contributed by atoms with Gasteiger partial charge in [-0.05, 0) is 12.1 Å². The second-order valence-electron chi connectivity index (χ2n) is 4.92. The number of nitrogens with one attached hydrogen (secondary N) is 1. The van der Waals surface area contributed by atoms with E-state index in [1.165, 1.54) is 12.1 Å². The summed E-state index contributed by atoms with van der Waals surface area (Å²) in [6.07, 6.45) is -0.161. The van der Waals surface area contributed by atoms with Crippen LogP contribution in [0.2, 0.25) is 0 Å². The minimum absolute atomic E-state index is 0.145. The van der Waals surface area contributed by atoms with Gasteiger partial charge in [-0.2, -0.15) is 0 Å². The molecule has 1 aliphatic rings. The van der Waals surface area contributed by atoms with Crippen molar-refractivity contribution in [3.63, 3.8) is 0 Å². The van der Waals surface area contributed by atoms with Gasteiger partial charge in [0.25, 0.3) is 0 Å². The normalized spacial score (nSPS) is 17.9. The van der Waals surface area contributed by atoms with Crippen molar-refractivity contribution >= 4 is 27.3 Å². The summed E-state index contributed by atoms with van der Waals surface area (Å²) >= 11 is 0.982. The molecule has 0 amide bonds. The molecule has 8 heteroatoms. The Hall–Kier alpha value is -0.960. The Morgan fingerprint density at radius 2 is 2.21 bits per heavy atom. The van der Waals surface area contributed by atoms with Crippen LogP contribution in [0.1, 0.15) is 11.8 Å². The average molecular weight is 305 g/mol. The van der Waals surface area contributed by atoms with Gasteiger partial charge in [0, 0.05) is 16.8 Å². The van der Waals surface area contributed by atoms with Gasteiger partial charge in [-0.25, -0.2) is 13.1 Å². The number of carboxylic acids is 1. The molecule has 0 atom stereocenters. The fourth-order valence-electron chi connectivity index (χ4n) is 1.64. The van der Waals surface area contributed by atoms with Crippen molar-refractivity contribution in [2.24, 2.45) is 5.41 Å². The molecular formula is C11H15NO5S2. The van der Waals surface area contributed by atoms with E-state index in [9.17, 15) is 13.2 Å². The highest BCUT2D eigenvalue weighted by Crippen LogP contribution is 2.27. The van der Waals surface area contributed by atoms with Crippen LogP contribution in [0.15, 0.2) is 16.3 Å². The van der Waals surface area contributed by atoms with E-state index in [4.69, 9.17) is 9.84 Å². The number of sulfonamides is 1. The van der Waals surface area contributed by atoms with Crippen LogP contribution < -0.4 is 4.72 Å². The minimum atomic E-state index is -3.56. The summed E-state index contributed by atoms with van der Waals surface area (Å²) in [6.45, 7) is 3.36. The molecule has 0 aromatic carbocycles. The number of hydrogen-bond donors (Lipinski definition) is 2. The molecule has 0 unspecified atom stereocenters. The third-order valence-electron chi connectivity index (χ3n) is 2.82. The fourth-order valence-corrected chi connectivity index (χ4v) is 4.23. The van der Waals surface area contributed by atoms with E-state index in [2.05, 4.69) is 4.72 Å². The SMILES string of the molecule is CC1(CNS(=O)(=O)c2ccc(CC(=O)O)s2)COC1. The topological polar surface area (TPSA) is 92.7 Å². The summed E-state index contributed by atoms with van der Waals surface area (Å²) in [6, 6.07) is 2.96. The van der Waals surface area contributed by atoms with Gasteiger partial charge in [0.15, 0.2) is 0 Å². The molecule has 0 radical (unpaired) electrons. The molecule has 1 aliphatic heterocycles. The van der Waals surface area contributed by atoms with Crippen LogP contribution in [-0.4, -0.2) is 39.3 Å². The first-order valence-electron chi connectivity index (χ1n) is 5.69. The van der Waals surface area contributed by atoms with E-state index in [0.717, 1.165) is 11.3 Å². The lowest BCUT2D eigenvalue weighted by Gasteiger charge is -2.37. The first-order valence-corrected chi connectivity index (χ1v) is 7.99. The van der Waals surface area contributed by atoms with Crippen molar-refractivity contribution in [2.75, 3.05) is 19.8 Å². The summed E-state index contributed by atoms with van der Waals surface area (Å²) in [5, 5.41) is 8.66. The van der Waals surface area contributed by atoms with Crippen LogP contribution in [0.4, 0.5) is 0 Å². The second-order valence-corrected chi connectivity index (χ2v) is 8.08. The third-order valence-corrected chi connectivity index (χ3v) is 5.80. The Balaban J connectivity index is 2.02. The lowest BCUT2D eigenvalue weighted by atomic mass is 9.89. The minimum Gasteiger partial charge on any atom is -0.481 e. The predicted octanol–water partition coefficient (Wildman–Crippen LogP) is 0.690. The number of hydrogen-bond acceptors (Lipinski definition) is 5. The molecule has 6 nitrogen and oxygen atoms in total. The molecule has 0 spiro atoms. The van der Waals surface area contributed by atoms with Crippen LogP contribution >= 0.6 is 11.3 Å². The van der Waals surface area contributed by atoms with Crippen LogP contribution in [0.5, 0.6) is 0 Å². The van der Waals surface area contributed by atoms with Crippen molar-refractivity contribution in [3.05, 3.63) is 17.0 Å². The number of rotatable bonds is 6. The number of thiophene rings is 1. The van der Waals surface area contributed by atoms with Gasteiger partial charge in [0.1, 0.15) is 4.21 Å². The van der Waals surface area contributed by atoms with Gasteiger partial charge in [0.2, 0.25) is 10.0 Å². The van der Waals surface area contributed by atoms with E-state index in [1.54, 1.807) is 0 Å². The van der Waals surface area contributed by atoms with Crippen LogP contribution in [0, 0.1) is 5.41 Å². The molecule has 0 aliphatic carbocycles. The maximum Gasteiger partial charge on any atom is 0.308 e. The lowest BCUT2D eigenvalue weighted by Crippen LogP contribution is -2.48. The molecule has 1 aromatic rings.